The highest BCUT2D eigenvalue weighted by atomic mass is 19.1. The van der Waals surface area contributed by atoms with E-state index in [2.05, 4.69) is 5.32 Å². The number of nitrogens with two attached hydrogens (primary N) is 1. The number of nitrogens with one attached hydrogen (secondary N) is 1. The molecule has 0 aromatic heterocycles. The number of ether oxygens (including phenoxy) is 1. The van der Waals surface area contributed by atoms with E-state index in [0.29, 0.717) is 6.07 Å². The summed E-state index contributed by atoms with van der Waals surface area (Å²) < 4.78 is 32.5. The van der Waals surface area contributed by atoms with Crippen LogP contribution in [0, 0.1) is 11.6 Å². The normalized spacial score (nSPS) is 14.3. The maximum Gasteiger partial charge on any atom is 0.407 e. The molecular weight excluding hydrogens is 430 g/mol. The van der Waals surface area contributed by atoms with E-state index < -0.39 is 29.9 Å². The Bertz CT molecular complexity index is 1100. The smallest absolute Gasteiger partial charge is 0.407 e. The predicted molar refractivity (Wildman–Crippen MR) is 119 cm³/mol. The number of alkyl carbamates (subject to hydrolysis) is 1. The van der Waals surface area contributed by atoms with Gasteiger partial charge < -0.3 is 26.0 Å². The average molecular weight is 454 g/mol. The van der Waals surface area contributed by atoms with Gasteiger partial charge in [0, 0.05) is 29.8 Å². The van der Waals surface area contributed by atoms with E-state index in [9.17, 15) is 23.8 Å². The number of benzene rings is 3. The lowest BCUT2D eigenvalue weighted by Gasteiger charge is -2.20. The molecule has 1 aliphatic rings. The molecule has 172 valence electrons. The van der Waals surface area contributed by atoms with Gasteiger partial charge in [0.1, 0.15) is 24.3 Å². The Hall–Kier alpha value is -3.49. The van der Waals surface area contributed by atoms with E-state index >= 15 is 0 Å². The summed E-state index contributed by atoms with van der Waals surface area (Å²) in [6, 6.07) is 17.4. The van der Waals surface area contributed by atoms with Crippen molar-refractivity contribution in [2.24, 2.45) is 0 Å². The van der Waals surface area contributed by atoms with Crippen molar-refractivity contribution < 1.29 is 28.5 Å². The Balaban J connectivity index is 1.30. The third-order valence-electron chi connectivity index (χ3n) is 5.84. The number of carbonyl (C=O) groups excluding carboxylic acids is 1. The molecule has 5 N–H and O–H groups in total. The number of aliphatic hydroxyl groups excluding tert-OH is 2. The fourth-order valence-electron chi connectivity index (χ4n) is 4.24. The zero-order valence-electron chi connectivity index (χ0n) is 17.7. The van der Waals surface area contributed by atoms with Gasteiger partial charge in [-0.2, -0.15) is 0 Å². The number of hydrogen-bond donors (Lipinski definition) is 4. The summed E-state index contributed by atoms with van der Waals surface area (Å²) in [6.07, 6.45) is -3.87. The molecule has 8 heteroatoms. The number of rotatable bonds is 7. The molecule has 33 heavy (non-hydrogen) atoms. The molecule has 0 spiro atoms. The molecule has 3 aromatic rings. The third-order valence-corrected chi connectivity index (χ3v) is 5.84. The molecule has 0 radical (unpaired) electrons. The number of hydrogen-bond acceptors (Lipinski definition) is 5. The van der Waals surface area contributed by atoms with Gasteiger partial charge in [-0.1, -0.05) is 48.5 Å². The molecule has 0 bridgehead atoms. The van der Waals surface area contributed by atoms with Gasteiger partial charge >= 0.3 is 6.09 Å². The van der Waals surface area contributed by atoms with Crippen molar-refractivity contribution in [2.75, 3.05) is 18.9 Å². The van der Waals surface area contributed by atoms with Gasteiger partial charge in [0.05, 0.1) is 6.10 Å². The van der Waals surface area contributed by atoms with Crippen LogP contribution in [0.5, 0.6) is 0 Å². The fourth-order valence-corrected chi connectivity index (χ4v) is 4.24. The number of anilines is 1. The van der Waals surface area contributed by atoms with E-state index in [-0.39, 0.29) is 36.7 Å². The highest BCUT2D eigenvalue weighted by Gasteiger charge is 2.29. The van der Waals surface area contributed by atoms with Crippen molar-refractivity contribution in [3.63, 3.8) is 0 Å². The second-order valence-corrected chi connectivity index (χ2v) is 7.94. The molecule has 0 saturated carbocycles. The van der Waals surface area contributed by atoms with Crippen molar-refractivity contribution in [2.45, 2.75) is 24.5 Å². The van der Waals surface area contributed by atoms with Crippen molar-refractivity contribution in [1.82, 2.24) is 5.32 Å². The standard InChI is InChI=1S/C25H24F2N2O4/c26-14-11-20(27)23(21(28)12-14)24(31)22(30)9-10-29-25(32)33-13-19-17-7-3-1-5-15(17)16-6-2-4-8-18(16)19/h1-8,11-12,19,22,24,30-31H,9-10,13,28H2,(H,29,32). The summed E-state index contributed by atoms with van der Waals surface area (Å²) in [4.78, 5) is 12.2. The zero-order chi connectivity index (χ0) is 23.5. The molecule has 3 aromatic carbocycles. The van der Waals surface area contributed by atoms with Crippen LogP contribution in [-0.4, -0.2) is 35.6 Å². The van der Waals surface area contributed by atoms with Gasteiger partial charge in [0.15, 0.2) is 0 Å². The topological polar surface area (TPSA) is 105 Å². The van der Waals surface area contributed by atoms with E-state index in [4.69, 9.17) is 10.5 Å². The van der Waals surface area contributed by atoms with E-state index in [1.807, 2.05) is 48.5 Å². The van der Waals surface area contributed by atoms with Gasteiger partial charge in [0.2, 0.25) is 0 Å². The summed E-state index contributed by atoms with van der Waals surface area (Å²) >= 11 is 0. The van der Waals surface area contributed by atoms with Crippen LogP contribution in [0.25, 0.3) is 11.1 Å². The first-order chi connectivity index (χ1) is 15.9. The molecule has 0 heterocycles. The summed E-state index contributed by atoms with van der Waals surface area (Å²) in [5.41, 5.74) is 9.29. The van der Waals surface area contributed by atoms with Gasteiger partial charge in [-0.05, 0) is 34.7 Å². The molecule has 1 amide bonds. The van der Waals surface area contributed by atoms with Crippen LogP contribution in [0.15, 0.2) is 60.7 Å². The summed E-state index contributed by atoms with van der Waals surface area (Å²) in [6.45, 7) is 0.111. The molecule has 0 saturated heterocycles. The first-order valence-electron chi connectivity index (χ1n) is 10.6. The number of carbonyl (C=O) groups is 1. The maximum atomic E-state index is 14.0. The second-order valence-electron chi connectivity index (χ2n) is 7.94. The van der Waals surface area contributed by atoms with Gasteiger partial charge in [-0.25, -0.2) is 13.6 Å². The van der Waals surface area contributed by atoms with E-state index in [1.165, 1.54) is 0 Å². The number of amides is 1. The van der Waals surface area contributed by atoms with Crippen LogP contribution in [0.4, 0.5) is 19.3 Å². The quantitative estimate of drug-likeness (QED) is 0.406. The van der Waals surface area contributed by atoms with Crippen LogP contribution >= 0.6 is 0 Å². The molecule has 0 aliphatic heterocycles. The maximum absolute atomic E-state index is 14.0. The SMILES string of the molecule is Nc1cc(F)cc(F)c1C(O)C(O)CCNC(=O)OCC1c2ccccc2-c2ccccc21. The molecular formula is C25H24F2N2O4. The first-order valence-corrected chi connectivity index (χ1v) is 10.6. The molecule has 1 aliphatic carbocycles. The first kappa shape index (κ1) is 22.7. The molecule has 2 atom stereocenters. The minimum absolute atomic E-state index is 0.0301. The predicted octanol–water partition coefficient (Wildman–Crippen LogP) is 3.87. The van der Waals surface area contributed by atoms with Crippen molar-refractivity contribution >= 4 is 11.8 Å². The molecule has 6 nitrogen and oxygen atoms in total. The van der Waals surface area contributed by atoms with Crippen molar-refractivity contribution in [1.29, 1.82) is 0 Å². The number of fused-ring (bicyclic) bond motifs is 3. The summed E-state index contributed by atoms with van der Waals surface area (Å²) in [7, 11) is 0. The summed E-state index contributed by atoms with van der Waals surface area (Å²) in [5.74, 6) is -2.02. The zero-order valence-corrected chi connectivity index (χ0v) is 17.7. The largest absolute Gasteiger partial charge is 0.449 e. The number of nitrogen functional groups attached to an aromatic ring is 1. The van der Waals surface area contributed by atoms with Crippen LogP contribution in [0.1, 0.15) is 35.1 Å². The van der Waals surface area contributed by atoms with Crippen LogP contribution in [0.2, 0.25) is 0 Å². The third kappa shape index (κ3) is 4.67. The fraction of sp³-hybridized carbons (Fsp3) is 0.240. The number of aliphatic hydroxyl groups is 2. The van der Waals surface area contributed by atoms with Gasteiger partial charge in [-0.15, -0.1) is 0 Å². The lowest BCUT2D eigenvalue weighted by molar-refractivity contribution is 0.0120. The lowest BCUT2D eigenvalue weighted by Crippen LogP contribution is -2.31. The minimum Gasteiger partial charge on any atom is -0.449 e. The monoisotopic (exact) mass is 454 g/mol. The molecule has 4 rings (SSSR count). The van der Waals surface area contributed by atoms with Gasteiger partial charge in [-0.3, -0.25) is 0 Å². The molecule has 0 fully saturated rings. The highest BCUT2D eigenvalue weighted by Crippen LogP contribution is 2.44. The van der Waals surface area contributed by atoms with E-state index in [1.54, 1.807) is 0 Å². The van der Waals surface area contributed by atoms with Crippen LogP contribution < -0.4 is 11.1 Å². The Morgan fingerprint density at radius 3 is 2.24 bits per heavy atom. The lowest BCUT2D eigenvalue weighted by atomic mass is 9.98. The van der Waals surface area contributed by atoms with Crippen LogP contribution in [-0.2, 0) is 4.74 Å². The van der Waals surface area contributed by atoms with E-state index in [0.717, 1.165) is 28.3 Å². The molecule has 2 unspecified atom stereocenters. The Morgan fingerprint density at radius 1 is 1.03 bits per heavy atom. The van der Waals surface area contributed by atoms with Crippen LogP contribution in [0.3, 0.4) is 0 Å². The highest BCUT2D eigenvalue weighted by molar-refractivity contribution is 5.79. The second kappa shape index (κ2) is 9.56. The Kier molecular flexibility index (Phi) is 6.57. The van der Waals surface area contributed by atoms with Crippen molar-refractivity contribution in [3.8, 4) is 11.1 Å². The Labute approximate surface area is 189 Å². The number of halogens is 2. The average Bonchev–Trinajstić information content (AvgIpc) is 3.10. The summed E-state index contributed by atoms with van der Waals surface area (Å²) in [5, 5.41) is 22.9. The van der Waals surface area contributed by atoms with Gasteiger partial charge in [0.25, 0.3) is 0 Å². The Morgan fingerprint density at radius 2 is 1.64 bits per heavy atom. The van der Waals surface area contributed by atoms with Crippen molar-refractivity contribution in [3.05, 3.63) is 89.0 Å². The minimum atomic E-state index is -1.67.